The van der Waals surface area contributed by atoms with Gasteiger partial charge in [0.15, 0.2) is 0 Å². The van der Waals surface area contributed by atoms with Crippen LogP contribution in [0.25, 0.3) is 11.0 Å². The van der Waals surface area contributed by atoms with E-state index in [1.165, 1.54) is 36.8 Å². The Labute approximate surface area is 266 Å². The van der Waals surface area contributed by atoms with E-state index in [0.29, 0.717) is 30.2 Å². The molecule has 0 radical (unpaired) electrons. The molecule has 4 atom stereocenters. The van der Waals surface area contributed by atoms with Gasteiger partial charge in [-0.2, -0.15) is 0 Å². The van der Waals surface area contributed by atoms with E-state index in [2.05, 4.69) is 81.3 Å². The Morgan fingerprint density at radius 1 is 0.956 bits per heavy atom. The van der Waals surface area contributed by atoms with Crippen molar-refractivity contribution in [2.45, 2.75) is 94.8 Å². The van der Waals surface area contributed by atoms with E-state index in [4.69, 9.17) is 4.98 Å². The number of fused-ring (bicyclic) bond motifs is 3. The highest BCUT2D eigenvalue weighted by molar-refractivity contribution is 5.92. The predicted molar refractivity (Wildman–Crippen MR) is 177 cm³/mol. The molecule has 8 heteroatoms. The third-order valence-electron chi connectivity index (χ3n) is 11.0. The van der Waals surface area contributed by atoms with Gasteiger partial charge in [-0.3, -0.25) is 14.5 Å². The highest BCUT2D eigenvalue weighted by atomic mass is 16.2. The van der Waals surface area contributed by atoms with Crippen LogP contribution in [0.5, 0.6) is 0 Å². The number of para-hydroxylation sites is 2. The lowest BCUT2D eigenvalue weighted by molar-refractivity contribution is -0.133. The van der Waals surface area contributed by atoms with Gasteiger partial charge in [0, 0.05) is 49.9 Å². The molecule has 3 aliphatic rings. The molecular weight excluding hydrogens is 560 g/mol. The predicted octanol–water partition coefficient (Wildman–Crippen LogP) is 6.00. The van der Waals surface area contributed by atoms with E-state index in [0.717, 1.165) is 50.2 Å². The Balaban J connectivity index is 0.992. The van der Waals surface area contributed by atoms with E-state index >= 15 is 0 Å². The van der Waals surface area contributed by atoms with Crippen molar-refractivity contribution in [3.05, 3.63) is 90.0 Å². The van der Waals surface area contributed by atoms with Crippen LogP contribution in [0.15, 0.2) is 72.9 Å². The summed E-state index contributed by atoms with van der Waals surface area (Å²) in [5, 5.41) is 2.96. The van der Waals surface area contributed by atoms with Gasteiger partial charge < -0.3 is 19.8 Å². The van der Waals surface area contributed by atoms with Crippen molar-refractivity contribution in [1.29, 1.82) is 0 Å². The maximum atomic E-state index is 13.3. The van der Waals surface area contributed by atoms with Crippen LogP contribution in [0.4, 0.5) is 0 Å². The summed E-state index contributed by atoms with van der Waals surface area (Å²) in [5.74, 6) is 1.09. The number of H-pyrrole nitrogens is 1. The lowest BCUT2D eigenvalue weighted by atomic mass is 9.70. The van der Waals surface area contributed by atoms with Crippen LogP contribution >= 0.6 is 0 Å². The van der Waals surface area contributed by atoms with Crippen molar-refractivity contribution < 1.29 is 9.59 Å². The summed E-state index contributed by atoms with van der Waals surface area (Å²) in [6.07, 6.45) is 10.1. The number of aryl methyl sites for hydroxylation is 1. The summed E-state index contributed by atoms with van der Waals surface area (Å²) in [7, 11) is 0. The first kappa shape index (κ1) is 29.8. The fourth-order valence-corrected chi connectivity index (χ4v) is 8.66. The minimum Gasteiger partial charge on any atom is -0.357 e. The van der Waals surface area contributed by atoms with Crippen molar-refractivity contribution >= 4 is 22.8 Å². The van der Waals surface area contributed by atoms with Gasteiger partial charge in [0.25, 0.3) is 5.91 Å². The van der Waals surface area contributed by atoms with Crippen LogP contribution in [0.3, 0.4) is 0 Å². The van der Waals surface area contributed by atoms with Crippen molar-refractivity contribution in [2.24, 2.45) is 0 Å². The average Bonchev–Trinajstić information content (AvgIpc) is 3.76. The zero-order valence-electron chi connectivity index (χ0n) is 26.6. The zero-order chi connectivity index (χ0) is 31.0. The SMILES string of the molecule is Cc1nc2ccccc2n1[C@H]1C[C@H]2CC[C@@H](C1)N2CCC1(c2ccccc2)CCN(C(=O)CC(C)NC(=O)c2ccc[nH]2)CC1. The molecule has 5 heterocycles. The number of aromatic nitrogens is 3. The molecule has 3 fully saturated rings. The molecule has 2 amide bonds. The molecule has 45 heavy (non-hydrogen) atoms. The molecule has 0 aliphatic carbocycles. The number of hydrogen-bond donors (Lipinski definition) is 2. The molecule has 0 spiro atoms. The average molecular weight is 607 g/mol. The minimum absolute atomic E-state index is 0.0684. The van der Waals surface area contributed by atoms with Crippen molar-refractivity contribution in [3.63, 3.8) is 0 Å². The maximum absolute atomic E-state index is 13.3. The second-order valence-electron chi connectivity index (χ2n) is 13.7. The largest absolute Gasteiger partial charge is 0.357 e. The van der Waals surface area contributed by atoms with E-state index in [-0.39, 0.29) is 23.3 Å². The molecule has 3 saturated heterocycles. The first-order valence-electron chi connectivity index (χ1n) is 16.9. The number of benzene rings is 2. The summed E-state index contributed by atoms with van der Waals surface area (Å²) >= 11 is 0. The number of piperidine rings is 2. The van der Waals surface area contributed by atoms with E-state index < -0.39 is 0 Å². The molecule has 2 aromatic carbocycles. The first-order chi connectivity index (χ1) is 21.9. The van der Waals surface area contributed by atoms with Gasteiger partial charge in [-0.15, -0.1) is 0 Å². The smallest absolute Gasteiger partial charge is 0.267 e. The second-order valence-corrected chi connectivity index (χ2v) is 13.7. The summed E-state index contributed by atoms with van der Waals surface area (Å²) < 4.78 is 2.52. The normalized spacial score (nSPS) is 23.7. The number of nitrogens with one attached hydrogen (secondary N) is 2. The standard InChI is InChI=1S/C37H46N6O2/c1-26(39-36(45)33-12-8-19-38-33)23-35(44)41-20-16-37(17-21-41,28-9-4-3-5-10-28)18-22-42-29-14-15-30(42)25-31(24-29)43-27(2)40-32-11-6-7-13-34(32)43/h3-13,19,26,29-31,38H,14-18,20-25H2,1-2H3,(H,39,45)/t26?,29-,30+,31+. The van der Waals surface area contributed by atoms with Crippen molar-refractivity contribution in [3.8, 4) is 0 Å². The number of likely N-dealkylation sites (tertiary alicyclic amines) is 1. The molecule has 8 nitrogen and oxygen atoms in total. The quantitative estimate of drug-likeness (QED) is 0.245. The monoisotopic (exact) mass is 606 g/mol. The third-order valence-corrected chi connectivity index (χ3v) is 11.0. The lowest BCUT2D eigenvalue weighted by Crippen LogP contribution is -2.49. The number of carbonyl (C=O) groups excluding carboxylic acids is 2. The van der Waals surface area contributed by atoms with Crippen molar-refractivity contribution in [2.75, 3.05) is 19.6 Å². The Morgan fingerprint density at radius 2 is 1.67 bits per heavy atom. The van der Waals surface area contributed by atoms with Crippen LogP contribution in [0.2, 0.25) is 0 Å². The topological polar surface area (TPSA) is 86.3 Å². The lowest BCUT2D eigenvalue weighted by Gasteiger charge is -2.46. The fourth-order valence-electron chi connectivity index (χ4n) is 8.66. The number of nitrogens with zero attached hydrogens (tertiary/aromatic N) is 4. The van der Waals surface area contributed by atoms with Gasteiger partial charge in [-0.25, -0.2) is 4.98 Å². The Bertz CT molecular complexity index is 1610. The number of rotatable bonds is 9. The summed E-state index contributed by atoms with van der Waals surface area (Å²) in [5.41, 5.74) is 4.37. The first-order valence-corrected chi connectivity index (χ1v) is 16.9. The van der Waals surface area contributed by atoms with Gasteiger partial charge >= 0.3 is 0 Å². The molecule has 2 bridgehead atoms. The van der Waals surface area contributed by atoms with Crippen LogP contribution in [-0.2, 0) is 10.2 Å². The zero-order valence-corrected chi connectivity index (χ0v) is 26.6. The Hall–Kier alpha value is -3.91. The summed E-state index contributed by atoms with van der Waals surface area (Å²) in [6.45, 7) is 6.69. The molecule has 0 saturated carbocycles. The number of amides is 2. The molecule has 3 aliphatic heterocycles. The van der Waals surface area contributed by atoms with Gasteiger partial charge in [0.05, 0.1) is 11.0 Å². The van der Waals surface area contributed by atoms with Gasteiger partial charge in [-0.1, -0.05) is 42.5 Å². The van der Waals surface area contributed by atoms with Gasteiger partial charge in [-0.05, 0) is 101 Å². The van der Waals surface area contributed by atoms with E-state index in [1.807, 2.05) is 11.8 Å². The van der Waals surface area contributed by atoms with Crippen LogP contribution < -0.4 is 5.32 Å². The molecule has 236 valence electrons. The Morgan fingerprint density at radius 3 is 2.38 bits per heavy atom. The highest BCUT2D eigenvalue weighted by Gasteiger charge is 2.44. The minimum atomic E-state index is -0.225. The second kappa shape index (κ2) is 12.5. The fraction of sp³-hybridized carbons (Fsp3) is 0.486. The number of carbonyl (C=O) groups is 2. The summed E-state index contributed by atoms with van der Waals surface area (Å²) in [6, 6.07) is 24.7. The van der Waals surface area contributed by atoms with Crippen LogP contribution in [0, 0.1) is 6.92 Å². The third kappa shape index (κ3) is 5.92. The molecule has 7 rings (SSSR count). The molecule has 1 unspecified atom stereocenters. The number of imidazole rings is 1. The van der Waals surface area contributed by atoms with Crippen molar-refractivity contribution in [1.82, 2.24) is 29.7 Å². The van der Waals surface area contributed by atoms with Gasteiger partial charge in [0.2, 0.25) is 5.91 Å². The van der Waals surface area contributed by atoms with Crippen LogP contribution in [-0.4, -0.2) is 73.9 Å². The number of hydrogen-bond acceptors (Lipinski definition) is 4. The van der Waals surface area contributed by atoms with E-state index in [1.54, 1.807) is 18.3 Å². The number of aromatic amines is 1. The molecular formula is C37H46N6O2. The van der Waals surface area contributed by atoms with Gasteiger partial charge in [0.1, 0.15) is 11.5 Å². The maximum Gasteiger partial charge on any atom is 0.267 e. The summed E-state index contributed by atoms with van der Waals surface area (Å²) in [4.78, 5) is 38.4. The van der Waals surface area contributed by atoms with E-state index in [9.17, 15) is 9.59 Å². The molecule has 2 aromatic heterocycles. The molecule has 2 N–H and O–H groups in total. The van der Waals surface area contributed by atoms with Crippen LogP contribution in [0.1, 0.15) is 86.2 Å². The Kier molecular flexibility index (Phi) is 8.25. The highest BCUT2D eigenvalue weighted by Crippen LogP contribution is 2.45. The molecule has 4 aromatic rings.